The first-order valence-corrected chi connectivity index (χ1v) is 19.2. The van der Waals surface area contributed by atoms with Gasteiger partial charge in [-0.3, -0.25) is 30.5 Å². The Morgan fingerprint density at radius 3 is 1.75 bits per heavy atom. The summed E-state index contributed by atoms with van der Waals surface area (Å²) < 4.78 is 29.1. The molecule has 320 valence electrons. The third-order valence-corrected chi connectivity index (χ3v) is 8.92. The van der Waals surface area contributed by atoms with Crippen LogP contribution in [-0.2, 0) is 38.1 Å². The first-order valence-electron chi connectivity index (χ1n) is 19.2. The molecule has 4 rings (SSSR count). The summed E-state index contributed by atoms with van der Waals surface area (Å²) in [7, 11) is 3.43. The minimum absolute atomic E-state index is 0.0276. The molecule has 2 fully saturated rings. The Hall–Kier alpha value is -5.01. The molecule has 4 heterocycles. The van der Waals surface area contributed by atoms with Gasteiger partial charge in [-0.05, 0) is 94.9 Å². The number of carbonyl (C=O) groups is 6. The lowest BCUT2D eigenvalue weighted by Crippen LogP contribution is -2.73. The van der Waals surface area contributed by atoms with E-state index in [1.807, 2.05) is 0 Å². The van der Waals surface area contributed by atoms with Crippen molar-refractivity contribution in [2.24, 2.45) is 10.7 Å². The molecule has 4 aliphatic rings. The molecular formula is C37H61N9O11. The molecule has 20 heteroatoms. The zero-order chi connectivity index (χ0) is 42.8. The molecule has 6 atom stereocenters. The maximum Gasteiger partial charge on any atom is 0.415 e. The third-order valence-electron chi connectivity index (χ3n) is 8.92. The van der Waals surface area contributed by atoms with Crippen molar-refractivity contribution in [1.82, 2.24) is 35.6 Å². The summed E-state index contributed by atoms with van der Waals surface area (Å²) >= 11 is 0. The minimum Gasteiger partial charge on any atom is -0.457 e. The largest absolute Gasteiger partial charge is 0.457 e. The predicted octanol–water partition coefficient (Wildman–Crippen LogP) is 1.89. The second-order valence-corrected chi connectivity index (χ2v) is 17.8. The van der Waals surface area contributed by atoms with Gasteiger partial charge in [0.2, 0.25) is 0 Å². The monoisotopic (exact) mass is 807 g/mol. The molecule has 57 heavy (non-hydrogen) atoms. The number of aliphatic imine (C=N–C) groups is 1. The van der Waals surface area contributed by atoms with Crippen LogP contribution in [0.5, 0.6) is 0 Å². The smallest absolute Gasteiger partial charge is 0.415 e. The van der Waals surface area contributed by atoms with Gasteiger partial charge in [-0.2, -0.15) is 0 Å². The van der Waals surface area contributed by atoms with E-state index >= 15 is 0 Å². The highest BCUT2D eigenvalue weighted by Gasteiger charge is 2.51. The predicted molar refractivity (Wildman–Crippen MR) is 205 cm³/mol. The zero-order valence-electron chi connectivity index (χ0n) is 35.2. The van der Waals surface area contributed by atoms with Crippen molar-refractivity contribution >= 4 is 42.5 Å². The summed E-state index contributed by atoms with van der Waals surface area (Å²) in [6, 6.07) is -3.34. The van der Waals surface area contributed by atoms with E-state index in [2.05, 4.69) is 20.9 Å². The fraction of sp³-hybridized carbons (Fsp3) is 0.757. The van der Waals surface area contributed by atoms with Gasteiger partial charge in [-0.15, -0.1) is 0 Å². The van der Waals surface area contributed by atoms with E-state index < -0.39 is 89.2 Å². The van der Waals surface area contributed by atoms with Gasteiger partial charge >= 0.3 is 30.2 Å². The Balaban J connectivity index is 1.75. The van der Waals surface area contributed by atoms with Crippen LogP contribution in [0.4, 0.5) is 14.4 Å². The second kappa shape index (κ2) is 16.8. The highest BCUT2D eigenvalue weighted by atomic mass is 16.6. The molecule has 0 aromatic rings. The number of nitrogens with two attached hydrogens (primary N) is 1. The standard InChI is InChI=1S/C37H61N9O11/c1-21(53-29(48)22-15-13-17-44(22)31(50)55-34(2,3)4)26(54-30(49)23-16-14-18-45(23)32(51)56-35(5,6)7)24-19-39-27-25(46(24)33(52)57-36(8,9)10)28(47)42-37(38,41-27)40-20-43(11)12/h20-24,26,39,41H,13-19,38H2,1-12H3,(H,42,47). The van der Waals surface area contributed by atoms with E-state index in [0.717, 1.165) is 4.90 Å². The Bertz CT molecular complexity index is 1630. The summed E-state index contributed by atoms with van der Waals surface area (Å²) in [5.74, 6) is -4.26. The average molecular weight is 808 g/mol. The lowest BCUT2D eigenvalue weighted by atomic mass is 10.00. The van der Waals surface area contributed by atoms with Crippen LogP contribution in [0, 0.1) is 0 Å². The van der Waals surface area contributed by atoms with Gasteiger partial charge in [-0.25, -0.2) is 29.0 Å². The van der Waals surface area contributed by atoms with Gasteiger partial charge in [0, 0.05) is 33.7 Å². The van der Waals surface area contributed by atoms with E-state index in [0.29, 0.717) is 12.8 Å². The molecule has 6 unspecified atom stereocenters. The SMILES string of the molecule is CC(OC(=O)C1CCCN1C(=O)OC(C)(C)C)C(OC(=O)C1CCCN1C(=O)OC(C)(C)C)C1CNC2=C(C(=O)NC(N)(N=CN(C)C)N2)N1C(=O)OC(C)(C)C. The first-order chi connectivity index (χ1) is 26.2. The van der Waals surface area contributed by atoms with E-state index in [-0.39, 0.29) is 44.0 Å². The van der Waals surface area contributed by atoms with Crippen molar-refractivity contribution in [3.63, 3.8) is 0 Å². The second-order valence-electron chi connectivity index (χ2n) is 17.8. The van der Waals surface area contributed by atoms with Crippen molar-refractivity contribution in [3.05, 3.63) is 11.5 Å². The number of likely N-dealkylation sites (tertiary alicyclic amines) is 2. The average Bonchev–Trinajstić information content (AvgIpc) is 3.75. The molecule has 0 saturated carbocycles. The Morgan fingerprint density at radius 2 is 1.28 bits per heavy atom. The van der Waals surface area contributed by atoms with E-state index in [1.165, 1.54) is 23.1 Å². The van der Waals surface area contributed by atoms with Crippen LogP contribution in [0.2, 0.25) is 0 Å². The summed E-state index contributed by atoms with van der Waals surface area (Å²) in [6.45, 7) is 17.0. The van der Waals surface area contributed by atoms with Crippen molar-refractivity contribution in [1.29, 1.82) is 0 Å². The molecule has 0 aromatic carbocycles. The van der Waals surface area contributed by atoms with Crippen molar-refractivity contribution in [2.75, 3.05) is 33.7 Å². The Kier molecular flexibility index (Phi) is 13.2. The van der Waals surface area contributed by atoms with Crippen LogP contribution in [0.1, 0.15) is 94.9 Å². The van der Waals surface area contributed by atoms with Crippen LogP contribution < -0.4 is 21.7 Å². The van der Waals surface area contributed by atoms with Crippen LogP contribution in [0.15, 0.2) is 16.5 Å². The number of nitrogens with one attached hydrogen (secondary N) is 3. The van der Waals surface area contributed by atoms with Gasteiger partial charge in [0.25, 0.3) is 11.8 Å². The molecule has 20 nitrogen and oxygen atoms in total. The number of ether oxygens (including phenoxy) is 5. The maximum absolute atomic E-state index is 14.2. The number of amides is 4. The van der Waals surface area contributed by atoms with Gasteiger partial charge in [0.15, 0.2) is 11.8 Å². The fourth-order valence-corrected chi connectivity index (χ4v) is 6.65. The topological polar surface area (TPSA) is 236 Å². The van der Waals surface area contributed by atoms with Crippen LogP contribution in [0.25, 0.3) is 0 Å². The Morgan fingerprint density at radius 1 is 0.807 bits per heavy atom. The normalized spacial score (nSPS) is 25.1. The fourth-order valence-electron chi connectivity index (χ4n) is 6.65. The molecular weight excluding hydrogens is 746 g/mol. The zero-order valence-corrected chi connectivity index (χ0v) is 35.2. The van der Waals surface area contributed by atoms with E-state index in [1.54, 1.807) is 81.3 Å². The summed E-state index contributed by atoms with van der Waals surface area (Å²) in [6.07, 6.45) is -2.24. The molecule has 0 aliphatic carbocycles. The van der Waals surface area contributed by atoms with Gasteiger partial charge in [-0.1, -0.05) is 0 Å². The molecule has 2 saturated heterocycles. The highest BCUT2D eigenvalue weighted by Crippen LogP contribution is 2.31. The number of nitrogens with zero attached hydrogens (tertiary/aromatic N) is 5. The van der Waals surface area contributed by atoms with Crippen molar-refractivity contribution in [2.45, 2.75) is 148 Å². The molecule has 4 aliphatic heterocycles. The third kappa shape index (κ3) is 11.5. The molecule has 5 N–H and O–H groups in total. The van der Waals surface area contributed by atoms with Gasteiger partial charge < -0.3 is 39.2 Å². The van der Waals surface area contributed by atoms with Gasteiger partial charge in [0.1, 0.15) is 40.8 Å². The van der Waals surface area contributed by atoms with Crippen molar-refractivity contribution < 1.29 is 52.5 Å². The van der Waals surface area contributed by atoms with Crippen LogP contribution in [0.3, 0.4) is 0 Å². The first kappa shape index (κ1) is 44.7. The molecule has 0 spiro atoms. The molecule has 4 amide bonds. The van der Waals surface area contributed by atoms with Crippen molar-refractivity contribution in [3.8, 4) is 0 Å². The van der Waals surface area contributed by atoms with Crippen LogP contribution in [-0.4, -0.2) is 149 Å². The summed E-state index contributed by atoms with van der Waals surface area (Å²) in [4.78, 5) is 91.9. The minimum atomic E-state index is -1.82. The van der Waals surface area contributed by atoms with E-state index in [4.69, 9.17) is 29.4 Å². The Labute approximate surface area is 334 Å². The number of rotatable bonds is 8. The maximum atomic E-state index is 14.2. The summed E-state index contributed by atoms with van der Waals surface area (Å²) in [5.41, 5.74) is 3.42. The number of hydrogen-bond donors (Lipinski definition) is 4. The lowest BCUT2D eigenvalue weighted by Gasteiger charge is -2.46. The van der Waals surface area contributed by atoms with Crippen LogP contribution >= 0.6 is 0 Å². The number of hydrogen-bond acceptors (Lipinski definition) is 15. The highest BCUT2D eigenvalue weighted by molar-refractivity contribution is 5.98. The van der Waals surface area contributed by atoms with E-state index in [9.17, 15) is 28.8 Å². The molecule has 0 bridgehead atoms. The number of esters is 2. The quantitative estimate of drug-likeness (QED) is 0.119. The van der Waals surface area contributed by atoms with Gasteiger partial charge in [0.05, 0.1) is 12.4 Å². The molecule has 0 aromatic heterocycles. The summed E-state index contributed by atoms with van der Waals surface area (Å²) in [5, 5.41) is 8.56. The lowest BCUT2D eigenvalue weighted by molar-refractivity contribution is -0.177. The molecule has 0 radical (unpaired) electrons. The number of carbonyl (C=O) groups excluding carboxylic acids is 6.